The minimum absolute atomic E-state index is 0.182. The van der Waals surface area contributed by atoms with Crippen molar-refractivity contribution in [3.8, 4) is 0 Å². The Balaban J connectivity index is 1.80. The van der Waals surface area contributed by atoms with Crippen LogP contribution in [0.5, 0.6) is 0 Å². The molecule has 118 valence electrons. The van der Waals surface area contributed by atoms with E-state index >= 15 is 0 Å². The highest BCUT2D eigenvalue weighted by Crippen LogP contribution is 2.50. The molecule has 5 nitrogen and oxygen atoms in total. The van der Waals surface area contributed by atoms with Gasteiger partial charge in [0.05, 0.1) is 24.1 Å². The lowest BCUT2D eigenvalue weighted by molar-refractivity contribution is -0.141. The van der Waals surface area contributed by atoms with E-state index in [1.807, 2.05) is 0 Å². The van der Waals surface area contributed by atoms with Crippen LogP contribution in [0.3, 0.4) is 0 Å². The van der Waals surface area contributed by atoms with Gasteiger partial charge in [-0.1, -0.05) is 20.3 Å². The van der Waals surface area contributed by atoms with Gasteiger partial charge in [0.15, 0.2) is 0 Å². The number of aliphatic carboxylic acids is 1. The number of carbonyl (C=O) groups is 1. The molecule has 3 rings (SSSR count). The van der Waals surface area contributed by atoms with Crippen LogP contribution in [-0.2, 0) is 14.1 Å². The van der Waals surface area contributed by atoms with Crippen molar-refractivity contribution in [2.24, 2.45) is 17.8 Å². The summed E-state index contributed by atoms with van der Waals surface area (Å²) in [7, 11) is -0.218. The number of hydrogen-bond donors (Lipinski definition) is 2. The Labute approximate surface area is 126 Å². The highest BCUT2D eigenvalue weighted by atomic mass is 16.6. The first kappa shape index (κ1) is 15.3. The molecule has 2 saturated heterocycles. The van der Waals surface area contributed by atoms with Gasteiger partial charge in [0, 0.05) is 0 Å². The number of hydrogen-bond acceptors (Lipinski definition) is 4. The van der Waals surface area contributed by atoms with E-state index in [-0.39, 0.29) is 24.6 Å². The maximum absolute atomic E-state index is 11.3. The van der Waals surface area contributed by atoms with Gasteiger partial charge in [-0.3, -0.25) is 4.79 Å². The number of carboxylic acid groups (broad SMARTS) is 1. The molecule has 5 unspecified atom stereocenters. The van der Waals surface area contributed by atoms with Crippen LogP contribution >= 0.6 is 0 Å². The average molecular weight is 295 g/mol. The Morgan fingerprint density at radius 1 is 1.43 bits per heavy atom. The van der Waals surface area contributed by atoms with E-state index in [4.69, 9.17) is 9.31 Å². The van der Waals surface area contributed by atoms with Crippen LogP contribution in [0.2, 0.25) is 0 Å². The third-order valence-electron chi connectivity index (χ3n) is 5.69. The topological polar surface area (TPSA) is 67.8 Å². The van der Waals surface area contributed by atoms with Gasteiger partial charge in [-0.25, -0.2) is 0 Å². The summed E-state index contributed by atoms with van der Waals surface area (Å²) in [6, 6.07) is 0. The molecule has 21 heavy (non-hydrogen) atoms. The molecular weight excluding hydrogens is 269 g/mol. The van der Waals surface area contributed by atoms with Gasteiger partial charge in [0.2, 0.25) is 0 Å². The fourth-order valence-electron chi connectivity index (χ4n) is 4.63. The fourth-order valence-corrected chi connectivity index (χ4v) is 4.63. The highest BCUT2D eigenvalue weighted by molar-refractivity contribution is 6.49. The molecule has 0 spiro atoms. The van der Waals surface area contributed by atoms with Crippen LogP contribution in [0.4, 0.5) is 0 Å². The summed E-state index contributed by atoms with van der Waals surface area (Å²) in [5.41, 5.74) is -0.187. The van der Waals surface area contributed by atoms with Crippen molar-refractivity contribution in [3.63, 3.8) is 0 Å². The quantitative estimate of drug-likeness (QED) is 0.756. The van der Waals surface area contributed by atoms with Gasteiger partial charge < -0.3 is 19.7 Å². The Morgan fingerprint density at radius 3 is 2.86 bits per heavy atom. The van der Waals surface area contributed by atoms with E-state index in [1.54, 1.807) is 0 Å². The van der Waals surface area contributed by atoms with Crippen LogP contribution in [0, 0.1) is 17.8 Å². The third kappa shape index (κ3) is 2.51. The highest BCUT2D eigenvalue weighted by Gasteiger charge is 2.61. The number of rotatable bonds is 5. The molecule has 0 aromatic rings. The lowest BCUT2D eigenvalue weighted by Gasteiger charge is -2.36. The summed E-state index contributed by atoms with van der Waals surface area (Å²) in [6.45, 7) is 5.85. The van der Waals surface area contributed by atoms with Gasteiger partial charge >= 0.3 is 13.1 Å². The van der Waals surface area contributed by atoms with E-state index < -0.39 is 5.97 Å². The van der Waals surface area contributed by atoms with Crippen LogP contribution in [0.15, 0.2) is 0 Å². The number of carboxylic acids is 1. The van der Waals surface area contributed by atoms with Crippen molar-refractivity contribution in [2.45, 2.75) is 57.5 Å². The zero-order valence-electron chi connectivity index (χ0n) is 13.0. The van der Waals surface area contributed by atoms with Gasteiger partial charge in [0.1, 0.15) is 0 Å². The SMILES string of the molecule is CCCC1(B2OCC(CC)O2)NCC2CC(C(=O)O)CC21. The Kier molecular flexibility index (Phi) is 4.30. The molecule has 0 amide bonds. The van der Waals surface area contributed by atoms with Crippen molar-refractivity contribution in [1.29, 1.82) is 0 Å². The van der Waals surface area contributed by atoms with E-state index in [2.05, 4.69) is 19.2 Å². The maximum atomic E-state index is 11.3. The van der Waals surface area contributed by atoms with Crippen LogP contribution in [0.1, 0.15) is 46.0 Å². The van der Waals surface area contributed by atoms with E-state index in [9.17, 15) is 9.90 Å². The predicted molar refractivity (Wildman–Crippen MR) is 79.9 cm³/mol. The molecule has 3 aliphatic rings. The Hall–Kier alpha value is -0.585. The standard InChI is InChI=1S/C15H26BNO4/c1-3-5-15(16-20-9-12(4-2)21-16)13-7-10(14(18)19)6-11(13)8-17-15/h10-13,17H,3-9H2,1-2H3,(H,18,19). The lowest BCUT2D eigenvalue weighted by atomic mass is 9.55. The molecule has 6 heteroatoms. The number of fused-ring (bicyclic) bond motifs is 1. The minimum Gasteiger partial charge on any atom is -0.481 e. The predicted octanol–water partition coefficient (Wildman–Crippen LogP) is 1.71. The second kappa shape index (κ2) is 5.90. The Morgan fingerprint density at radius 2 is 2.24 bits per heavy atom. The maximum Gasteiger partial charge on any atom is 0.479 e. The Bertz CT molecular complexity index is 403. The van der Waals surface area contributed by atoms with Gasteiger partial charge in [-0.2, -0.15) is 0 Å². The summed E-state index contributed by atoms with van der Waals surface area (Å²) in [6.07, 6.45) is 4.73. The second-order valence-corrected chi connectivity index (χ2v) is 6.88. The number of nitrogens with one attached hydrogen (secondary N) is 1. The van der Waals surface area contributed by atoms with Gasteiger partial charge in [0.25, 0.3) is 0 Å². The normalized spacial score (nSPS) is 42.5. The summed E-state index contributed by atoms with van der Waals surface area (Å²) in [5.74, 6) is -0.0270. The van der Waals surface area contributed by atoms with Crippen LogP contribution in [0.25, 0.3) is 0 Å². The molecule has 1 aliphatic carbocycles. The van der Waals surface area contributed by atoms with Gasteiger partial charge in [-0.05, 0) is 44.1 Å². The molecule has 0 radical (unpaired) electrons. The largest absolute Gasteiger partial charge is 0.481 e. The zero-order valence-corrected chi connectivity index (χ0v) is 13.0. The van der Waals surface area contributed by atoms with E-state index in [0.717, 1.165) is 38.6 Å². The van der Waals surface area contributed by atoms with Crippen molar-refractivity contribution < 1.29 is 19.2 Å². The summed E-state index contributed by atoms with van der Waals surface area (Å²) in [4.78, 5) is 11.3. The second-order valence-electron chi connectivity index (χ2n) is 6.88. The fraction of sp³-hybridized carbons (Fsp3) is 0.933. The first-order valence-corrected chi connectivity index (χ1v) is 8.35. The summed E-state index contributed by atoms with van der Waals surface area (Å²) in [5, 5.41) is 13.0. The van der Waals surface area contributed by atoms with E-state index in [0.29, 0.717) is 18.4 Å². The monoisotopic (exact) mass is 295 g/mol. The third-order valence-corrected chi connectivity index (χ3v) is 5.69. The first-order chi connectivity index (χ1) is 10.1. The molecule has 0 aromatic carbocycles. The van der Waals surface area contributed by atoms with E-state index in [1.165, 1.54) is 0 Å². The summed E-state index contributed by atoms with van der Waals surface area (Å²) < 4.78 is 12.1. The molecule has 1 saturated carbocycles. The first-order valence-electron chi connectivity index (χ1n) is 8.35. The van der Waals surface area contributed by atoms with Gasteiger partial charge in [-0.15, -0.1) is 0 Å². The van der Waals surface area contributed by atoms with Crippen LogP contribution in [-0.4, -0.2) is 42.9 Å². The smallest absolute Gasteiger partial charge is 0.479 e. The molecule has 2 aliphatic heterocycles. The average Bonchev–Trinajstić information content (AvgIpc) is 3.14. The van der Waals surface area contributed by atoms with Crippen molar-refractivity contribution in [1.82, 2.24) is 5.32 Å². The van der Waals surface area contributed by atoms with Crippen LogP contribution < -0.4 is 5.32 Å². The van der Waals surface area contributed by atoms with Crippen molar-refractivity contribution in [2.75, 3.05) is 13.2 Å². The molecule has 2 heterocycles. The lowest BCUT2D eigenvalue weighted by Crippen LogP contribution is -2.58. The molecule has 2 N–H and O–H groups in total. The van der Waals surface area contributed by atoms with Crippen molar-refractivity contribution in [3.05, 3.63) is 0 Å². The molecule has 0 bridgehead atoms. The summed E-state index contributed by atoms with van der Waals surface area (Å²) >= 11 is 0. The molecular formula is C15H26BNO4. The molecule has 3 fully saturated rings. The minimum atomic E-state index is -0.644. The zero-order chi connectivity index (χ0) is 15.0. The molecule has 0 aromatic heterocycles. The van der Waals surface area contributed by atoms with Crippen molar-refractivity contribution >= 4 is 13.1 Å². The molecule has 5 atom stereocenters.